The van der Waals surface area contributed by atoms with Crippen LogP contribution in [0.1, 0.15) is 19.8 Å². The van der Waals surface area contributed by atoms with E-state index in [1.165, 1.54) is 12.8 Å². The molecule has 0 aliphatic heterocycles. The molecule has 0 bridgehead atoms. The lowest BCUT2D eigenvalue weighted by molar-refractivity contribution is 0.688. The van der Waals surface area contributed by atoms with E-state index in [4.69, 9.17) is 0 Å². The van der Waals surface area contributed by atoms with Crippen LogP contribution in [0.15, 0.2) is 15.9 Å². The van der Waals surface area contributed by atoms with Gasteiger partial charge in [0, 0.05) is 11.1 Å². The molecule has 3 heteroatoms. The molecule has 0 aromatic rings. The fourth-order valence-electron chi connectivity index (χ4n) is 0.477. The third kappa shape index (κ3) is 2.43. The molecule has 0 saturated heterocycles. The van der Waals surface area contributed by atoms with Crippen LogP contribution in [-0.4, -0.2) is 10.4 Å². The maximum absolute atomic E-state index is 10.9. The summed E-state index contributed by atoms with van der Waals surface area (Å²) >= 11 is 0. The van der Waals surface area contributed by atoms with Gasteiger partial charge in [-0.1, -0.05) is 6.58 Å². The molecule has 1 aliphatic rings. The fraction of sp³-hybridized carbons (Fsp3) is 0.571. The minimum absolute atomic E-state index is 0.600. The Labute approximate surface area is 63.6 Å². The Hall–Kier alpha value is -0.440. The second-order valence-corrected chi connectivity index (χ2v) is 3.95. The standard InChI is InChI=1S/C7H11NOS/c1-6(2)10(9)8-5-7-3-4-7/h5,7H,1,3-4H2,2H3. The minimum atomic E-state index is -1.18. The Bertz CT molecular complexity index is 194. The predicted octanol–water partition coefficient (Wildman–Crippen LogP) is 1.66. The summed E-state index contributed by atoms with van der Waals surface area (Å²) in [6.07, 6.45) is 4.19. The van der Waals surface area contributed by atoms with Gasteiger partial charge in [-0.25, -0.2) is 4.21 Å². The maximum Gasteiger partial charge on any atom is 0.167 e. The molecule has 1 aliphatic carbocycles. The highest BCUT2D eigenvalue weighted by Gasteiger charge is 2.18. The lowest BCUT2D eigenvalue weighted by Crippen LogP contribution is -1.86. The fourth-order valence-corrected chi connectivity index (χ4v) is 0.939. The molecule has 2 nitrogen and oxygen atoms in total. The monoisotopic (exact) mass is 157 g/mol. The number of hydrogen-bond acceptors (Lipinski definition) is 1. The number of nitrogens with zero attached hydrogens (tertiary/aromatic N) is 1. The molecular weight excluding hydrogens is 146 g/mol. The van der Waals surface area contributed by atoms with Crippen LogP contribution in [0.5, 0.6) is 0 Å². The van der Waals surface area contributed by atoms with E-state index in [0.29, 0.717) is 10.8 Å². The SMILES string of the molecule is C=C(C)S(=O)N=CC1CC1. The molecule has 0 N–H and O–H groups in total. The van der Waals surface area contributed by atoms with Gasteiger partial charge < -0.3 is 0 Å². The number of hydrogen-bond donors (Lipinski definition) is 0. The van der Waals surface area contributed by atoms with Gasteiger partial charge in [0.1, 0.15) is 0 Å². The van der Waals surface area contributed by atoms with Crippen molar-refractivity contribution >= 4 is 17.2 Å². The lowest BCUT2D eigenvalue weighted by Gasteiger charge is -1.88. The van der Waals surface area contributed by atoms with Crippen LogP contribution in [-0.2, 0) is 11.0 Å². The summed E-state index contributed by atoms with van der Waals surface area (Å²) in [7, 11) is -1.18. The Morgan fingerprint density at radius 1 is 1.80 bits per heavy atom. The van der Waals surface area contributed by atoms with Crippen LogP contribution in [0, 0.1) is 5.92 Å². The van der Waals surface area contributed by atoms with Gasteiger partial charge in [0.2, 0.25) is 0 Å². The average Bonchev–Trinajstić information content (AvgIpc) is 2.64. The van der Waals surface area contributed by atoms with Crippen molar-refractivity contribution in [1.82, 2.24) is 0 Å². The molecule has 0 aromatic carbocycles. The summed E-state index contributed by atoms with van der Waals surface area (Å²) < 4.78 is 14.7. The molecule has 1 unspecified atom stereocenters. The van der Waals surface area contributed by atoms with E-state index in [2.05, 4.69) is 11.0 Å². The third-order valence-corrected chi connectivity index (χ3v) is 2.20. The van der Waals surface area contributed by atoms with E-state index < -0.39 is 11.0 Å². The number of allylic oxidation sites excluding steroid dienone is 1. The molecule has 0 heterocycles. The Morgan fingerprint density at radius 2 is 2.40 bits per heavy atom. The van der Waals surface area contributed by atoms with E-state index in [1.807, 2.05) is 0 Å². The first kappa shape index (κ1) is 7.66. The zero-order chi connectivity index (χ0) is 7.56. The quantitative estimate of drug-likeness (QED) is 0.573. The molecule has 56 valence electrons. The highest BCUT2D eigenvalue weighted by molar-refractivity contribution is 7.87. The lowest BCUT2D eigenvalue weighted by atomic mass is 10.5. The number of rotatable bonds is 3. The van der Waals surface area contributed by atoms with Crippen LogP contribution in [0.25, 0.3) is 0 Å². The van der Waals surface area contributed by atoms with Crippen molar-refractivity contribution in [2.45, 2.75) is 19.8 Å². The van der Waals surface area contributed by atoms with Crippen LogP contribution >= 0.6 is 0 Å². The summed E-state index contributed by atoms with van der Waals surface area (Å²) in [6.45, 7) is 5.26. The zero-order valence-corrected chi connectivity index (χ0v) is 6.86. The smallest absolute Gasteiger partial charge is 0.167 e. The maximum atomic E-state index is 10.9. The molecule has 10 heavy (non-hydrogen) atoms. The molecular formula is C7H11NOS. The molecule has 0 spiro atoms. The van der Waals surface area contributed by atoms with Crippen molar-refractivity contribution in [3.63, 3.8) is 0 Å². The van der Waals surface area contributed by atoms with E-state index in [1.54, 1.807) is 13.1 Å². The van der Waals surface area contributed by atoms with Gasteiger partial charge in [-0.15, -0.1) is 0 Å². The van der Waals surface area contributed by atoms with E-state index >= 15 is 0 Å². The molecule has 0 radical (unpaired) electrons. The van der Waals surface area contributed by atoms with Crippen molar-refractivity contribution in [3.8, 4) is 0 Å². The molecule has 1 atom stereocenters. The first-order valence-corrected chi connectivity index (χ1v) is 4.42. The topological polar surface area (TPSA) is 29.4 Å². The first-order chi connectivity index (χ1) is 4.70. The van der Waals surface area contributed by atoms with E-state index in [-0.39, 0.29) is 0 Å². The van der Waals surface area contributed by atoms with E-state index in [9.17, 15) is 4.21 Å². The molecule has 1 rings (SSSR count). The van der Waals surface area contributed by atoms with E-state index in [0.717, 1.165) is 0 Å². The van der Waals surface area contributed by atoms with Crippen molar-refractivity contribution in [1.29, 1.82) is 0 Å². The summed E-state index contributed by atoms with van der Waals surface area (Å²) in [4.78, 5) is 0.622. The van der Waals surface area contributed by atoms with Crippen molar-refractivity contribution in [2.75, 3.05) is 0 Å². The second kappa shape index (κ2) is 3.10. The first-order valence-electron chi connectivity index (χ1n) is 3.31. The van der Waals surface area contributed by atoms with Crippen LogP contribution in [0.4, 0.5) is 0 Å². The highest BCUT2D eigenvalue weighted by Crippen LogP contribution is 2.26. The molecule has 1 fully saturated rings. The highest BCUT2D eigenvalue weighted by atomic mass is 32.2. The molecule has 1 saturated carbocycles. The zero-order valence-electron chi connectivity index (χ0n) is 6.04. The predicted molar refractivity (Wildman–Crippen MR) is 44.2 cm³/mol. The van der Waals surface area contributed by atoms with Crippen molar-refractivity contribution in [2.24, 2.45) is 10.3 Å². The van der Waals surface area contributed by atoms with Gasteiger partial charge in [0.05, 0.1) is 0 Å². The summed E-state index contributed by atoms with van der Waals surface area (Å²) in [6, 6.07) is 0. The minimum Gasteiger partial charge on any atom is -0.230 e. The van der Waals surface area contributed by atoms with Gasteiger partial charge in [-0.3, -0.25) is 0 Å². The van der Waals surface area contributed by atoms with Crippen LogP contribution < -0.4 is 0 Å². The normalized spacial score (nSPS) is 21.3. The second-order valence-electron chi connectivity index (χ2n) is 2.54. The Kier molecular flexibility index (Phi) is 2.38. The van der Waals surface area contributed by atoms with Crippen LogP contribution in [0.2, 0.25) is 0 Å². The Balaban J connectivity index is 2.35. The van der Waals surface area contributed by atoms with Crippen LogP contribution in [0.3, 0.4) is 0 Å². The summed E-state index contributed by atoms with van der Waals surface area (Å²) in [5.74, 6) is 0.600. The summed E-state index contributed by atoms with van der Waals surface area (Å²) in [5, 5.41) is 0. The molecule has 0 amide bonds. The average molecular weight is 157 g/mol. The summed E-state index contributed by atoms with van der Waals surface area (Å²) in [5.41, 5.74) is 0. The van der Waals surface area contributed by atoms with Gasteiger partial charge in [0.15, 0.2) is 11.0 Å². The van der Waals surface area contributed by atoms with Gasteiger partial charge in [0.25, 0.3) is 0 Å². The third-order valence-electron chi connectivity index (χ3n) is 1.29. The van der Waals surface area contributed by atoms with Gasteiger partial charge in [-0.05, 0) is 25.7 Å². The van der Waals surface area contributed by atoms with Gasteiger partial charge >= 0.3 is 0 Å². The van der Waals surface area contributed by atoms with Crippen molar-refractivity contribution in [3.05, 3.63) is 11.5 Å². The molecule has 0 aromatic heterocycles. The Morgan fingerprint density at radius 3 is 2.80 bits per heavy atom. The van der Waals surface area contributed by atoms with Gasteiger partial charge in [-0.2, -0.15) is 4.40 Å². The van der Waals surface area contributed by atoms with Crippen molar-refractivity contribution < 1.29 is 4.21 Å². The largest absolute Gasteiger partial charge is 0.230 e.